The summed E-state index contributed by atoms with van der Waals surface area (Å²) in [6, 6.07) is 3.80. The van der Waals surface area contributed by atoms with Crippen LogP contribution in [0.2, 0.25) is 5.02 Å². The zero-order valence-corrected chi connectivity index (χ0v) is 10.7. The Balaban J connectivity index is 2.45. The topological polar surface area (TPSA) is 85.7 Å². The summed E-state index contributed by atoms with van der Waals surface area (Å²) in [5.41, 5.74) is 15.0. The zero-order valence-electron chi connectivity index (χ0n) is 9.96. The summed E-state index contributed by atoms with van der Waals surface area (Å²) in [4.78, 5) is 0. The molecule has 5 nitrogen and oxygen atoms in total. The largest absolute Gasteiger partial charge is 0.492 e. The van der Waals surface area contributed by atoms with Crippen molar-refractivity contribution < 1.29 is 4.74 Å². The number of aryl methyl sites for hydroxylation is 2. The molecule has 0 aliphatic heterocycles. The lowest BCUT2D eigenvalue weighted by atomic mass is 10.1. The summed E-state index contributed by atoms with van der Waals surface area (Å²) in [5.74, 6) is 0.791. The molecule has 0 amide bonds. The molecule has 0 aliphatic rings. The number of nitrogens with zero attached hydrogens (tertiary/aromatic N) is 1. The first kappa shape index (κ1) is 13.4. The van der Waals surface area contributed by atoms with Gasteiger partial charge in [-0.1, -0.05) is 11.6 Å². The van der Waals surface area contributed by atoms with Gasteiger partial charge in [0.2, 0.25) is 5.96 Å². The Bertz CT molecular complexity index is 393. The van der Waals surface area contributed by atoms with Gasteiger partial charge in [0.05, 0.1) is 6.54 Å². The fourth-order valence-corrected chi connectivity index (χ4v) is 1.46. The lowest BCUT2D eigenvalue weighted by Crippen LogP contribution is -2.27. The maximum absolute atomic E-state index is 6.05. The van der Waals surface area contributed by atoms with Crippen molar-refractivity contribution in [1.82, 2.24) is 5.43 Å². The van der Waals surface area contributed by atoms with E-state index in [0.29, 0.717) is 13.2 Å². The first-order valence-corrected chi connectivity index (χ1v) is 5.59. The number of nitrogens with one attached hydrogen (secondary N) is 1. The van der Waals surface area contributed by atoms with Crippen LogP contribution in [0.5, 0.6) is 5.75 Å². The number of nitrogens with two attached hydrogens (primary N) is 2. The van der Waals surface area contributed by atoms with Crippen LogP contribution >= 0.6 is 11.6 Å². The molecule has 6 heteroatoms. The molecule has 0 bridgehead atoms. The fraction of sp³-hybridized carbons (Fsp3) is 0.364. The van der Waals surface area contributed by atoms with Gasteiger partial charge in [0.15, 0.2) is 0 Å². The van der Waals surface area contributed by atoms with Gasteiger partial charge in [0.25, 0.3) is 0 Å². The van der Waals surface area contributed by atoms with Crippen LogP contribution in [-0.4, -0.2) is 19.1 Å². The van der Waals surface area contributed by atoms with Crippen LogP contribution < -0.4 is 21.6 Å². The van der Waals surface area contributed by atoms with Gasteiger partial charge < -0.3 is 21.6 Å². The molecule has 17 heavy (non-hydrogen) atoms. The van der Waals surface area contributed by atoms with Crippen molar-refractivity contribution in [3.05, 3.63) is 28.3 Å². The van der Waals surface area contributed by atoms with Crippen molar-refractivity contribution in [2.24, 2.45) is 16.6 Å². The molecule has 0 heterocycles. The maximum Gasteiger partial charge on any atom is 0.208 e. The van der Waals surface area contributed by atoms with Crippen molar-refractivity contribution in [3.8, 4) is 5.75 Å². The summed E-state index contributed by atoms with van der Waals surface area (Å²) in [7, 11) is 0. The summed E-state index contributed by atoms with van der Waals surface area (Å²) in [6.07, 6.45) is 0. The predicted molar refractivity (Wildman–Crippen MR) is 70.2 cm³/mol. The second-order valence-corrected chi connectivity index (χ2v) is 4.04. The zero-order chi connectivity index (χ0) is 12.8. The quantitative estimate of drug-likeness (QED) is 0.319. The van der Waals surface area contributed by atoms with Crippen LogP contribution in [0.4, 0.5) is 0 Å². The Morgan fingerprint density at radius 3 is 2.47 bits per heavy atom. The molecule has 0 spiro atoms. The third-order valence-electron chi connectivity index (χ3n) is 2.10. The van der Waals surface area contributed by atoms with Crippen LogP contribution in [0.1, 0.15) is 11.1 Å². The van der Waals surface area contributed by atoms with Crippen molar-refractivity contribution in [3.63, 3.8) is 0 Å². The Labute approximate surface area is 106 Å². The van der Waals surface area contributed by atoms with Gasteiger partial charge in [0.1, 0.15) is 12.4 Å². The van der Waals surface area contributed by atoms with E-state index in [9.17, 15) is 0 Å². The molecule has 0 atom stereocenters. The number of hydrazone groups is 1. The van der Waals surface area contributed by atoms with Gasteiger partial charge in [-0.3, -0.25) is 0 Å². The number of hydrogen-bond acceptors (Lipinski definition) is 3. The average molecular weight is 257 g/mol. The molecule has 0 saturated carbocycles. The SMILES string of the molecule is Cc1cc(OCCNN=C(N)N)cc(C)c1Cl. The van der Waals surface area contributed by atoms with Crippen LogP contribution in [0.15, 0.2) is 17.2 Å². The molecule has 1 aromatic rings. The predicted octanol–water partition coefficient (Wildman–Crippen LogP) is 1.11. The summed E-state index contributed by atoms with van der Waals surface area (Å²) in [6.45, 7) is 4.88. The Hall–Kier alpha value is -1.62. The first-order chi connectivity index (χ1) is 8.00. The standard InChI is InChI=1S/C11H17ClN4O/c1-7-5-9(6-8(2)10(7)12)17-4-3-15-16-11(13)14/h5-6,15H,3-4H2,1-2H3,(H4,13,14,16). The van der Waals surface area contributed by atoms with Gasteiger partial charge in [-0.25, -0.2) is 0 Å². The minimum absolute atomic E-state index is 0.00295. The van der Waals surface area contributed by atoms with Crippen molar-refractivity contribution in [1.29, 1.82) is 0 Å². The molecule has 1 rings (SSSR count). The minimum atomic E-state index is 0.00295. The van der Waals surface area contributed by atoms with Crippen molar-refractivity contribution >= 4 is 17.6 Å². The average Bonchev–Trinajstić information content (AvgIpc) is 2.25. The van der Waals surface area contributed by atoms with E-state index in [1.54, 1.807) is 0 Å². The molecule has 0 radical (unpaired) electrons. The van der Waals surface area contributed by atoms with E-state index in [2.05, 4.69) is 10.5 Å². The number of halogens is 1. The van der Waals surface area contributed by atoms with E-state index in [0.717, 1.165) is 21.9 Å². The fourth-order valence-electron chi connectivity index (χ4n) is 1.35. The highest BCUT2D eigenvalue weighted by Gasteiger charge is 2.03. The monoisotopic (exact) mass is 256 g/mol. The molecule has 94 valence electrons. The van der Waals surface area contributed by atoms with Gasteiger partial charge in [0, 0.05) is 5.02 Å². The number of guanidine groups is 1. The Morgan fingerprint density at radius 1 is 1.35 bits per heavy atom. The molecule has 0 aromatic heterocycles. The van der Waals surface area contributed by atoms with Crippen molar-refractivity contribution in [2.75, 3.05) is 13.2 Å². The normalized spacial score (nSPS) is 9.82. The highest BCUT2D eigenvalue weighted by molar-refractivity contribution is 6.32. The van der Waals surface area contributed by atoms with E-state index in [4.69, 9.17) is 27.8 Å². The molecule has 5 N–H and O–H groups in total. The van der Waals surface area contributed by atoms with Crippen LogP contribution in [0.25, 0.3) is 0 Å². The molecular formula is C11H17ClN4O. The van der Waals surface area contributed by atoms with Crippen LogP contribution in [0, 0.1) is 13.8 Å². The van der Waals surface area contributed by atoms with Crippen LogP contribution in [-0.2, 0) is 0 Å². The van der Waals surface area contributed by atoms with E-state index >= 15 is 0 Å². The van der Waals surface area contributed by atoms with E-state index in [1.165, 1.54) is 0 Å². The third-order valence-corrected chi connectivity index (χ3v) is 2.70. The molecule has 0 saturated heterocycles. The van der Waals surface area contributed by atoms with E-state index in [1.807, 2.05) is 26.0 Å². The second kappa shape index (κ2) is 6.20. The van der Waals surface area contributed by atoms with Gasteiger partial charge >= 0.3 is 0 Å². The second-order valence-electron chi connectivity index (χ2n) is 3.66. The lowest BCUT2D eigenvalue weighted by Gasteiger charge is -2.09. The molecular weight excluding hydrogens is 240 g/mol. The molecule has 0 aliphatic carbocycles. The number of rotatable bonds is 5. The van der Waals surface area contributed by atoms with Gasteiger partial charge in [-0.15, -0.1) is 5.10 Å². The molecule has 0 unspecified atom stereocenters. The van der Waals surface area contributed by atoms with Crippen molar-refractivity contribution in [2.45, 2.75) is 13.8 Å². The summed E-state index contributed by atoms with van der Waals surface area (Å²) in [5, 5.41) is 4.40. The highest BCUT2D eigenvalue weighted by Crippen LogP contribution is 2.25. The van der Waals surface area contributed by atoms with Crippen LogP contribution in [0.3, 0.4) is 0 Å². The maximum atomic E-state index is 6.05. The molecule has 1 aromatic carbocycles. The Kier molecular flexibility index (Phi) is 4.90. The minimum Gasteiger partial charge on any atom is -0.492 e. The summed E-state index contributed by atoms with van der Waals surface area (Å²) >= 11 is 6.05. The number of benzene rings is 1. The van der Waals surface area contributed by atoms with Gasteiger partial charge in [-0.05, 0) is 37.1 Å². The summed E-state index contributed by atoms with van der Waals surface area (Å²) < 4.78 is 5.53. The highest BCUT2D eigenvalue weighted by atomic mass is 35.5. The number of ether oxygens (including phenoxy) is 1. The first-order valence-electron chi connectivity index (χ1n) is 5.21. The smallest absolute Gasteiger partial charge is 0.208 e. The van der Waals surface area contributed by atoms with Gasteiger partial charge in [-0.2, -0.15) is 0 Å². The number of hydrogen-bond donors (Lipinski definition) is 3. The molecule has 0 fully saturated rings. The van der Waals surface area contributed by atoms with E-state index < -0.39 is 0 Å². The van der Waals surface area contributed by atoms with E-state index in [-0.39, 0.29) is 5.96 Å². The third kappa shape index (κ3) is 4.40. The lowest BCUT2D eigenvalue weighted by molar-refractivity contribution is 0.315. The Morgan fingerprint density at radius 2 is 1.94 bits per heavy atom.